The number of benzene rings is 1. The van der Waals surface area contributed by atoms with E-state index in [2.05, 4.69) is 60.4 Å². The van der Waals surface area contributed by atoms with Crippen LogP contribution in [0.2, 0.25) is 0 Å². The van der Waals surface area contributed by atoms with Crippen LogP contribution in [0.4, 0.5) is 5.95 Å². The average molecular weight is 322 g/mol. The van der Waals surface area contributed by atoms with E-state index in [1.165, 1.54) is 5.56 Å². The summed E-state index contributed by atoms with van der Waals surface area (Å²) in [4.78, 5) is 17.1. The van der Waals surface area contributed by atoms with E-state index in [9.17, 15) is 4.79 Å². The molecule has 0 radical (unpaired) electrons. The fourth-order valence-corrected chi connectivity index (χ4v) is 3.72. The van der Waals surface area contributed by atoms with E-state index in [0.29, 0.717) is 24.2 Å². The Balaban J connectivity index is 1.83. The molecule has 1 aromatic carbocycles. The minimum Gasteiger partial charge on any atom is -0.328 e. The zero-order chi connectivity index (χ0) is 16.8. The number of ketones is 1. The van der Waals surface area contributed by atoms with Gasteiger partial charge in [-0.2, -0.15) is 10.1 Å². The Hall–Kier alpha value is -2.43. The molecule has 2 heterocycles. The molecule has 2 atom stereocenters. The summed E-state index contributed by atoms with van der Waals surface area (Å²) >= 11 is 0. The predicted octanol–water partition coefficient (Wildman–Crippen LogP) is 3.67. The first-order valence-corrected chi connectivity index (χ1v) is 8.57. The maximum absolute atomic E-state index is 12.8. The topological polar surface area (TPSA) is 59.8 Å². The molecular formula is C19H22N4O. The molecule has 0 saturated carbocycles. The van der Waals surface area contributed by atoms with Crippen LogP contribution in [0.1, 0.15) is 56.7 Å². The van der Waals surface area contributed by atoms with Crippen molar-refractivity contribution in [3.8, 4) is 0 Å². The number of carbonyl (C=O) groups excluding carboxylic acids is 1. The monoisotopic (exact) mass is 322 g/mol. The molecule has 0 fully saturated rings. The summed E-state index contributed by atoms with van der Waals surface area (Å²) in [7, 11) is 0. The van der Waals surface area contributed by atoms with Gasteiger partial charge in [0.2, 0.25) is 5.95 Å². The summed E-state index contributed by atoms with van der Waals surface area (Å²) in [5.74, 6) is 1.78. The molecule has 24 heavy (non-hydrogen) atoms. The Kier molecular flexibility index (Phi) is 3.52. The summed E-state index contributed by atoms with van der Waals surface area (Å²) in [5.41, 5.74) is 4.24. The third-order valence-corrected chi connectivity index (χ3v) is 4.98. The SMILES string of the molecule is CC(C)c1ccc([C@H]2C3=C(C[C@@H](C)CC3=O)Nc3ncnn32)cc1. The second kappa shape index (κ2) is 5.58. The number of nitrogens with one attached hydrogen (secondary N) is 1. The Morgan fingerprint density at radius 3 is 2.67 bits per heavy atom. The van der Waals surface area contributed by atoms with Crippen molar-refractivity contribution in [1.82, 2.24) is 14.8 Å². The van der Waals surface area contributed by atoms with Crippen LogP contribution in [0, 0.1) is 5.92 Å². The first-order valence-electron chi connectivity index (χ1n) is 8.57. The molecule has 2 aliphatic rings. The van der Waals surface area contributed by atoms with E-state index in [4.69, 9.17) is 0 Å². The Bertz CT molecular complexity index is 816. The van der Waals surface area contributed by atoms with E-state index in [1.54, 1.807) is 6.33 Å². The summed E-state index contributed by atoms with van der Waals surface area (Å²) in [6, 6.07) is 8.35. The largest absolute Gasteiger partial charge is 0.328 e. The average Bonchev–Trinajstić information content (AvgIpc) is 3.00. The lowest BCUT2D eigenvalue weighted by Gasteiger charge is -2.34. The van der Waals surface area contributed by atoms with E-state index in [0.717, 1.165) is 23.3 Å². The van der Waals surface area contributed by atoms with E-state index >= 15 is 0 Å². The predicted molar refractivity (Wildman–Crippen MR) is 92.7 cm³/mol. The fraction of sp³-hybridized carbons (Fsp3) is 0.421. The molecule has 0 bridgehead atoms. The highest BCUT2D eigenvalue weighted by molar-refractivity contribution is 5.99. The van der Waals surface area contributed by atoms with Crippen LogP contribution in [0.15, 0.2) is 41.9 Å². The van der Waals surface area contributed by atoms with Gasteiger partial charge in [-0.1, -0.05) is 45.0 Å². The zero-order valence-electron chi connectivity index (χ0n) is 14.3. The first-order chi connectivity index (χ1) is 11.5. The van der Waals surface area contributed by atoms with Gasteiger partial charge in [-0.15, -0.1) is 0 Å². The minimum absolute atomic E-state index is 0.181. The Labute approximate surface area is 141 Å². The number of rotatable bonds is 2. The molecule has 0 saturated heterocycles. The normalized spacial score (nSPS) is 23.1. The number of fused-ring (bicyclic) bond motifs is 1. The number of hydrogen-bond donors (Lipinski definition) is 1. The molecule has 5 nitrogen and oxygen atoms in total. The molecule has 0 spiro atoms. The number of anilines is 1. The summed E-state index contributed by atoms with van der Waals surface area (Å²) < 4.78 is 1.83. The molecule has 1 aliphatic heterocycles. The third-order valence-electron chi connectivity index (χ3n) is 4.98. The van der Waals surface area contributed by atoms with Crippen LogP contribution in [0.3, 0.4) is 0 Å². The number of nitrogens with zero attached hydrogens (tertiary/aromatic N) is 3. The maximum atomic E-state index is 12.8. The molecule has 2 aromatic rings. The van der Waals surface area contributed by atoms with Gasteiger partial charge in [-0.25, -0.2) is 4.68 Å². The van der Waals surface area contributed by atoms with E-state index < -0.39 is 0 Å². The van der Waals surface area contributed by atoms with Gasteiger partial charge in [0.15, 0.2) is 5.78 Å². The van der Waals surface area contributed by atoms with Crippen molar-refractivity contribution in [1.29, 1.82) is 0 Å². The van der Waals surface area contributed by atoms with Crippen LogP contribution in [0.5, 0.6) is 0 Å². The van der Waals surface area contributed by atoms with Crippen LogP contribution >= 0.6 is 0 Å². The Morgan fingerprint density at radius 2 is 1.96 bits per heavy atom. The van der Waals surface area contributed by atoms with Crippen LogP contribution in [-0.4, -0.2) is 20.5 Å². The lowest BCUT2D eigenvalue weighted by atomic mass is 9.81. The standard InChI is InChI=1S/C19H22N4O/c1-11(2)13-4-6-14(7-5-13)18-17-15(8-12(3)9-16(17)24)22-19-20-10-21-23(18)19/h4-7,10-12,18H,8-9H2,1-3H3,(H,20,21,22)/t12-,18+/m1/s1. The van der Waals surface area contributed by atoms with Crippen molar-refractivity contribution in [2.75, 3.05) is 5.32 Å². The number of hydrogen-bond acceptors (Lipinski definition) is 4. The first kappa shape index (κ1) is 15.1. The molecule has 1 aliphatic carbocycles. The lowest BCUT2D eigenvalue weighted by Crippen LogP contribution is -2.33. The van der Waals surface area contributed by atoms with Crippen molar-refractivity contribution < 1.29 is 4.79 Å². The second-order valence-corrected chi connectivity index (χ2v) is 7.21. The number of aromatic nitrogens is 3. The quantitative estimate of drug-likeness (QED) is 0.916. The fourth-order valence-electron chi connectivity index (χ4n) is 3.72. The lowest BCUT2D eigenvalue weighted by molar-refractivity contribution is -0.117. The van der Waals surface area contributed by atoms with Gasteiger partial charge in [-0.05, 0) is 29.4 Å². The number of allylic oxidation sites excluding steroid dienone is 2. The Morgan fingerprint density at radius 1 is 1.21 bits per heavy atom. The molecule has 1 N–H and O–H groups in total. The van der Waals surface area contributed by atoms with Crippen molar-refractivity contribution in [3.63, 3.8) is 0 Å². The van der Waals surface area contributed by atoms with Gasteiger partial charge in [0.25, 0.3) is 0 Å². The second-order valence-electron chi connectivity index (χ2n) is 7.21. The summed E-state index contributed by atoms with van der Waals surface area (Å²) in [5, 5.41) is 7.69. The number of Topliss-reactive ketones (excluding diaryl/α,β-unsaturated/α-hetero) is 1. The molecule has 1 aromatic heterocycles. The van der Waals surface area contributed by atoms with Crippen LogP contribution in [0.25, 0.3) is 0 Å². The summed E-state index contributed by atoms with van der Waals surface area (Å²) in [6.45, 7) is 6.48. The molecule has 124 valence electrons. The van der Waals surface area contributed by atoms with Crippen LogP contribution < -0.4 is 5.32 Å². The van der Waals surface area contributed by atoms with Crippen molar-refractivity contribution in [2.45, 2.75) is 45.6 Å². The van der Waals surface area contributed by atoms with Crippen molar-refractivity contribution >= 4 is 11.7 Å². The highest BCUT2D eigenvalue weighted by Crippen LogP contribution is 2.41. The molecule has 5 heteroatoms. The van der Waals surface area contributed by atoms with Gasteiger partial charge < -0.3 is 5.32 Å². The van der Waals surface area contributed by atoms with E-state index in [1.807, 2.05) is 4.68 Å². The molecular weight excluding hydrogens is 300 g/mol. The number of carbonyl (C=O) groups is 1. The summed E-state index contributed by atoms with van der Waals surface area (Å²) in [6.07, 6.45) is 3.03. The zero-order valence-corrected chi connectivity index (χ0v) is 14.3. The van der Waals surface area contributed by atoms with Gasteiger partial charge in [0, 0.05) is 17.7 Å². The van der Waals surface area contributed by atoms with Crippen molar-refractivity contribution in [2.24, 2.45) is 5.92 Å². The van der Waals surface area contributed by atoms with E-state index in [-0.39, 0.29) is 11.8 Å². The minimum atomic E-state index is -0.181. The van der Waals surface area contributed by atoms with Gasteiger partial charge in [0.05, 0.1) is 0 Å². The molecule has 0 unspecified atom stereocenters. The van der Waals surface area contributed by atoms with Gasteiger partial charge in [0.1, 0.15) is 12.4 Å². The third kappa shape index (κ3) is 2.35. The molecule has 0 amide bonds. The molecule has 4 rings (SSSR count). The van der Waals surface area contributed by atoms with Gasteiger partial charge in [-0.3, -0.25) is 4.79 Å². The maximum Gasteiger partial charge on any atom is 0.226 e. The highest BCUT2D eigenvalue weighted by atomic mass is 16.1. The van der Waals surface area contributed by atoms with Crippen LogP contribution in [-0.2, 0) is 4.79 Å². The highest BCUT2D eigenvalue weighted by Gasteiger charge is 2.37. The smallest absolute Gasteiger partial charge is 0.226 e. The van der Waals surface area contributed by atoms with Gasteiger partial charge >= 0.3 is 0 Å². The van der Waals surface area contributed by atoms with Crippen molar-refractivity contribution in [3.05, 3.63) is 53.0 Å².